The molecule has 1 aromatic rings. The maximum absolute atomic E-state index is 12.1. The molecule has 0 spiro atoms. The molecule has 0 aliphatic heterocycles. The topological polar surface area (TPSA) is 72.9 Å². The number of amides is 1. The first-order valence-corrected chi connectivity index (χ1v) is 6.68. The second-order valence-electron chi connectivity index (χ2n) is 5.30. The van der Waals surface area contributed by atoms with Crippen molar-refractivity contribution in [3.63, 3.8) is 0 Å². The van der Waals surface area contributed by atoms with Crippen molar-refractivity contribution >= 4 is 11.6 Å². The van der Waals surface area contributed by atoms with Gasteiger partial charge in [-0.25, -0.2) is 0 Å². The average Bonchev–Trinajstić information content (AvgIpc) is 2.52. The fraction of sp³-hybridized carbons (Fsp3) is 0.692. The molecule has 1 aromatic heterocycles. The summed E-state index contributed by atoms with van der Waals surface area (Å²) < 4.78 is 1.57. The smallest absolute Gasteiger partial charge is 0.274 e. The molecule has 2 atom stereocenters. The lowest BCUT2D eigenvalue weighted by Gasteiger charge is -2.22. The number of aromatic nitrogens is 2. The summed E-state index contributed by atoms with van der Waals surface area (Å²) in [6, 6.07) is 0.251. The summed E-state index contributed by atoms with van der Waals surface area (Å²) in [4.78, 5) is 12.1. The lowest BCUT2D eigenvalue weighted by Crippen LogP contribution is -2.39. The zero-order chi connectivity index (χ0) is 13.1. The van der Waals surface area contributed by atoms with Gasteiger partial charge in [0.1, 0.15) is 0 Å². The molecule has 1 aliphatic carbocycles. The van der Waals surface area contributed by atoms with Crippen LogP contribution in [-0.2, 0) is 7.05 Å². The average molecular weight is 250 g/mol. The van der Waals surface area contributed by atoms with E-state index in [4.69, 9.17) is 5.73 Å². The summed E-state index contributed by atoms with van der Waals surface area (Å²) in [7, 11) is 1.77. The van der Waals surface area contributed by atoms with Crippen LogP contribution in [0.5, 0.6) is 0 Å². The molecule has 18 heavy (non-hydrogen) atoms. The Morgan fingerprint density at radius 1 is 1.44 bits per heavy atom. The van der Waals surface area contributed by atoms with Crippen molar-refractivity contribution < 1.29 is 4.79 Å². The van der Waals surface area contributed by atoms with Crippen LogP contribution >= 0.6 is 0 Å². The normalized spacial score (nSPS) is 24.6. The third-order valence-corrected chi connectivity index (χ3v) is 3.75. The molecule has 2 rings (SSSR count). The van der Waals surface area contributed by atoms with Crippen LogP contribution in [0.15, 0.2) is 6.20 Å². The molecule has 100 valence electrons. The second kappa shape index (κ2) is 5.42. The van der Waals surface area contributed by atoms with Gasteiger partial charge < -0.3 is 11.1 Å². The van der Waals surface area contributed by atoms with Crippen molar-refractivity contribution in [2.24, 2.45) is 13.0 Å². The Balaban J connectivity index is 2.04. The van der Waals surface area contributed by atoms with Gasteiger partial charge in [0.25, 0.3) is 5.91 Å². The lowest BCUT2D eigenvalue weighted by molar-refractivity contribution is 0.0916. The quantitative estimate of drug-likeness (QED) is 0.785. The van der Waals surface area contributed by atoms with Gasteiger partial charge in [0, 0.05) is 19.3 Å². The van der Waals surface area contributed by atoms with E-state index in [2.05, 4.69) is 17.3 Å². The van der Waals surface area contributed by atoms with Gasteiger partial charge in [0.15, 0.2) is 5.69 Å². The molecule has 1 amide bonds. The van der Waals surface area contributed by atoms with E-state index in [9.17, 15) is 4.79 Å². The molecule has 0 radical (unpaired) electrons. The predicted molar refractivity (Wildman–Crippen MR) is 71.1 cm³/mol. The van der Waals surface area contributed by atoms with Crippen LogP contribution in [0.1, 0.15) is 49.5 Å². The van der Waals surface area contributed by atoms with E-state index < -0.39 is 0 Å². The van der Waals surface area contributed by atoms with E-state index >= 15 is 0 Å². The van der Waals surface area contributed by atoms with Crippen LogP contribution in [0.4, 0.5) is 5.69 Å². The van der Waals surface area contributed by atoms with E-state index in [0.29, 0.717) is 17.3 Å². The zero-order valence-corrected chi connectivity index (χ0v) is 11.1. The Kier molecular flexibility index (Phi) is 3.89. The number of hydrogen-bond acceptors (Lipinski definition) is 3. The van der Waals surface area contributed by atoms with Gasteiger partial charge in [-0.15, -0.1) is 0 Å². The number of rotatable bonds is 2. The molecule has 1 heterocycles. The maximum atomic E-state index is 12.1. The Labute approximate surface area is 108 Å². The highest BCUT2D eigenvalue weighted by Crippen LogP contribution is 2.23. The van der Waals surface area contributed by atoms with Crippen molar-refractivity contribution in [1.29, 1.82) is 0 Å². The fourth-order valence-corrected chi connectivity index (χ4v) is 2.63. The number of aryl methyl sites for hydroxylation is 1. The van der Waals surface area contributed by atoms with Crippen LogP contribution in [-0.4, -0.2) is 21.7 Å². The van der Waals surface area contributed by atoms with Crippen LogP contribution in [0, 0.1) is 5.92 Å². The highest BCUT2D eigenvalue weighted by molar-refractivity contribution is 5.97. The molecule has 0 aromatic carbocycles. The minimum absolute atomic E-state index is 0.146. The van der Waals surface area contributed by atoms with Crippen LogP contribution in [0.25, 0.3) is 0 Å². The molecule has 1 fully saturated rings. The molecule has 3 N–H and O–H groups in total. The SMILES string of the molecule is CC1CCCCCC1NC(=O)c1nn(C)cc1N. The van der Waals surface area contributed by atoms with Crippen molar-refractivity contribution in [2.75, 3.05) is 5.73 Å². The highest BCUT2D eigenvalue weighted by Gasteiger charge is 2.23. The van der Waals surface area contributed by atoms with E-state index in [-0.39, 0.29) is 11.9 Å². The number of anilines is 1. The number of nitrogens with one attached hydrogen (secondary N) is 1. The highest BCUT2D eigenvalue weighted by atomic mass is 16.2. The molecule has 2 unspecified atom stereocenters. The van der Waals surface area contributed by atoms with Gasteiger partial charge in [-0.05, 0) is 18.8 Å². The monoisotopic (exact) mass is 250 g/mol. The first kappa shape index (κ1) is 12.9. The minimum Gasteiger partial charge on any atom is -0.396 e. The Morgan fingerprint density at radius 2 is 2.17 bits per heavy atom. The molecule has 1 aliphatic rings. The number of carbonyl (C=O) groups is 1. The molecule has 1 saturated carbocycles. The third-order valence-electron chi connectivity index (χ3n) is 3.75. The van der Waals surface area contributed by atoms with Crippen molar-refractivity contribution in [1.82, 2.24) is 15.1 Å². The van der Waals surface area contributed by atoms with Crippen molar-refractivity contribution in [2.45, 2.75) is 45.1 Å². The fourth-order valence-electron chi connectivity index (χ4n) is 2.63. The Bertz CT molecular complexity index is 427. The van der Waals surface area contributed by atoms with Gasteiger partial charge in [0.05, 0.1) is 5.69 Å². The van der Waals surface area contributed by atoms with Crippen LogP contribution < -0.4 is 11.1 Å². The van der Waals surface area contributed by atoms with E-state index in [1.165, 1.54) is 25.7 Å². The standard InChI is InChI=1S/C13H22N4O/c1-9-6-4-3-5-7-11(9)15-13(18)12-10(14)8-17(2)16-12/h8-9,11H,3-7,14H2,1-2H3,(H,15,18). The summed E-state index contributed by atoms with van der Waals surface area (Å²) in [5.74, 6) is 0.383. The molecule has 5 nitrogen and oxygen atoms in total. The molecule has 0 bridgehead atoms. The molecular formula is C13H22N4O. The predicted octanol–water partition coefficient (Wildman–Crippen LogP) is 1.70. The molecule has 5 heteroatoms. The summed E-state index contributed by atoms with van der Waals surface area (Å²) in [5.41, 5.74) is 6.55. The lowest BCUT2D eigenvalue weighted by atomic mass is 9.97. The number of nitrogens with two attached hydrogens (primary N) is 1. The number of nitrogen functional groups attached to an aromatic ring is 1. The maximum Gasteiger partial charge on any atom is 0.274 e. The Hall–Kier alpha value is -1.52. The number of nitrogens with zero attached hydrogens (tertiary/aromatic N) is 2. The minimum atomic E-state index is -0.146. The van der Waals surface area contributed by atoms with E-state index in [0.717, 1.165) is 6.42 Å². The zero-order valence-electron chi connectivity index (χ0n) is 11.1. The van der Waals surface area contributed by atoms with Gasteiger partial charge in [0.2, 0.25) is 0 Å². The second-order valence-corrected chi connectivity index (χ2v) is 5.30. The Morgan fingerprint density at radius 3 is 2.83 bits per heavy atom. The summed E-state index contributed by atoms with van der Waals surface area (Å²) in [6.07, 6.45) is 7.61. The van der Waals surface area contributed by atoms with Crippen molar-refractivity contribution in [3.05, 3.63) is 11.9 Å². The third kappa shape index (κ3) is 2.83. The van der Waals surface area contributed by atoms with Crippen molar-refractivity contribution in [3.8, 4) is 0 Å². The molecule has 0 saturated heterocycles. The summed E-state index contributed by atoms with van der Waals surface area (Å²) in [5, 5.41) is 7.19. The summed E-state index contributed by atoms with van der Waals surface area (Å²) in [6.45, 7) is 2.21. The first-order chi connectivity index (χ1) is 8.58. The summed E-state index contributed by atoms with van der Waals surface area (Å²) >= 11 is 0. The first-order valence-electron chi connectivity index (χ1n) is 6.68. The van der Waals surface area contributed by atoms with Gasteiger partial charge in [-0.1, -0.05) is 26.2 Å². The van der Waals surface area contributed by atoms with Crippen LogP contribution in [0.2, 0.25) is 0 Å². The number of hydrogen-bond donors (Lipinski definition) is 2. The van der Waals surface area contributed by atoms with Gasteiger partial charge in [-0.3, -0.25) is 9.48 Å². The number of carbonyl (C=O) groups excluding carboxylic acids is 1. The largest absolute Gasteiger partial charge is 0.396 e. The van der Waals surface area contributed by atoms with E-state index in [1.54, 1.807) is 17.9 Å². The van der Waals surface area contributed by atoms with Gasteiger partial charge >= 0.3 is 0 Å². The van der Waals surface area contributed by atoms with E-state index in [1.807, 2.05) is 0 Å². The molecular weight excluding hydrogens is 228 g/mol. The van der Waals surface area contributed by atoms with Crippen LogP contribution in [0.3, 0.4) is 0 Å². The van der Waals surface area contributed by atoms with Gasteiger partial charge in [-0.2, -0.15) is 5.10 Å².